The number of rotatable bonds is 3. The highest BCUT2D eigenvalue weighted by molar-refractivity contribution is 5.29. The molecular formula is C17H27N3. The van der Waals surface area contributed by atoms with Crippen LogP contribution in [0.5, 0.6) is 0 Å². The summed E-state index contributed by atoms with van der Waals surface area (Å²) in [7, 11) is 0. The summed E-state index contributed by atoms with van der Waals surface area (Å²) in [5.74, 6) is 2.69. The van der Waals surface area contributed by atoms with Crippen molar-refractivity contribution < 1.29 is 0 Å². The smallest absolute Gasteiger partial charge is 0.132 e. The van der Waals surface area contributed by atoms with E-state index in [4.69, 9.17) is 9.97 Å². The molecule has 0 amide bonds. The zero-order valence-electron chi connectivity index (χ0n) is 12.9. The summed E-state index contributed by atoms with van der Waals surface area (Å²) in [4.78, 5) is 9.86. The van der Waals surface area contributed by atoms with Gasteiger partial charge in [-0.25, -0.2) is 9.97 Å². The summed E-state index contributed by atoms with van der Waals surface area (Å²) in [5, 5.41) is 3.45. The van der Waals surface area contributed by atoms with Crippen molar-refractivity contribution in [2.45, 2.75) is 71.3 Å². The number of fused-ring (bicyclic) bond motifs is 1. The van der Waals surface area contributed by atoms with Gasteiger partial charge in [-0.3, -0.25) is 0 Å². The van der Waals surface area contributed by atoms with Crippen LogP contribution in [-0.4, -0.2) is 16.5 Å². The SMILES string of the molecule is CCc1nc(C2CCC(CC)CC2)nc2c1CCNC2. The Morgan fingerprint density at radius 1 is 1.10 bits per heavy atom. The number of hydrogen-bond acceptors (Lipinski definition) is 3. The van der Waals surface area contributed by atoms with Gasteiger partial charge in [-0.15, -0.1) is 0 Å². The zero-order valence-corrected chi connectivity index (χ0v) is 12.9. The first-order valence-corrected chi connectivity index (χ1v) is 8.41. The van der Waals surface area contributed by atoms with Gasteiger partial charge in [0.25, 0.3) is 0 Å². The van der Waals surface area contributed by atoms with Crippen molar-refractivity contribution >= 4 is 0 Å². The van der Waals surface area contributed by atoms with Gasteiger partial charge in [0, 0.05) is 18.2 Å². The minimum atomic E-state index is 0.607. The first-order chi connectivity index (χ1) is 9.81. The number of nitrogens with zero attached hydrogens (tertiary/aromatic N) is 2. The van der Waals surface area contributed by atoms with Gasteiger partial charge < -0.3 is 5.32 Å². The summed E-state index contributed by atoms with van der Waals surface area (Å²) >= 11 is 0. The first-order valence-electron chi connectivity index (χ1n) is 8.41. The lowest BCUT2D eigenvalue weighted by molar-refractivity contribution is 0.311. The van der Waals surface area contributed by atoms with E-state index in [1.54, 1.807) is 0 Å². The van der Waals surface area contributed by atoms with Crippen molar-refractivity contribution in [1.82, 2.24) is 15.3 Å². The zero-order chi connectivity index (χ0) is 13.9. The van der Waals surface area contributed by atoms with Crippen molar-refractivity contribution in [3.05, 3.63) is 22.8 Å². The van der Waals surface area contributed by atoms with Crippen LogP contribution in [0.2, 0.25) is 0 Å². The van der Waals surface area contributed by atoms with E-state index in [1.807, 2.05) is 0 Å². The molecule has 2 heterocycles. The van der Waals surface area contributed by atoms with Gasteiger partial charge in [-0.2, -0.15) is 0 Å². The molecule has 1 aromatic rings. The topological polar surface area (TPSA) is 37.8 Å². The van der Waals surface area contributed by atoms with E-state index >= 15 is 0 Å². The van der Waals surface area contributed by atoms with Crippen LogP contribution in [0.1, 0.15) is 74.6 Å². The highest BCUT2D eigenvalue weighted by Crippen LogP contribution is 2.36. The average Bonchev–Trinajstić information content (AvgIpc) is 2.54. The molecule has 0 radical (unpaired) electrons. The fourth-order valence-electron chi connectivity index (χ4n) is 3.76. The molecular weight excluding hydrogens is 246 g/mol. The quantitative estimate of drug-likeness (QED) is 0.917. The summed E-state index contributed by atoms with van der Waals surface area (Å²) in [5.41, 5.74) is 4.01. The molecule has 0 spiro atoms. The second-order valence-corrected chi connectivity index (χ2v) is 6.36. The standard InChI is InChI=1S/C17H27N3/c1-3-12-5-7-13(8-6-12)17-19-15(4-2)14-9-10-18-11-16(14)20-17/h12-13,18H,3-11H2,1-2H3. The van der Waals surface area contributed by atoms with Gasteiger partial charge in [0.2, 0.25) is 0 Å². The maximum Gasteiger partial charge on any atom is 0.132 e. The molecule has 1 aromatic heterocycles. The maximum absolute atomic E-state index is 4.94. The molecule has 3 nitrogen and oxygen atoms in total. The lowest BCUT2D eigenvalue weighted by Crippen LogP contribution is -2.28. The Morgan fingerprint density at radius 2 is 1.90 bits per heavy atom. The molecule has 110 valence electrons. The van der Waals surface area contributed by atoms with E-state index in [2.05, 4.69) is 19.2 Å². The third kappa shape index (κ3) is 2.73. The fraction of sp³-hybridized carbons (Fsp3) is 0.765. The molecule has 1 aliphatic carbocycles. The number of aromatic nitrogens is 2. The lowest BCUT2D eigenvalue weighted by Gasteiger charge is -2.28. The van der Waals surface area contributed by atoms with Crippen LogP contribution < -0.4 is 5.32 Å². The highest BCUT2D eigenvalue weighted by atomic mass is 15.0. The highest BCUT2D eigenvalue weighted by Gasteiger charge is 2.25. The van der Waals surface area contributed by atoms with E-state index in [-0.39, 0.29) is 0 Å². The molecule has 1 fully saturated rings. The molecule has 0 atom stereocenters. The second kappa shape index (κ2) is 6.21. The van der Waals surface area contributed by atoms with Crippen LogP contribution in [0.4, 0.5) is 0 Å². The van der Waals surface area contributed by atoms with Crippen molar-refractivity contribution in [3.63, 3.8) is 0 Å². The molecule has 3 rings (SSSR count). The molecule has 3 heteroatoms. The molecule has 0 aromatic carbocycles. The van der Waals surface area contributed by atoms with Crippen LogP contribution in [-0.2, 0) is 19.4 Å². The Bertz CT molecular complexity index is 444. The van der Waals surface area contributed by atoms with E-state index < -0.39 is 0 Å². The molecule has 20 heavy (non-hydrogen) atoms. The van der Waals surface area contributed by atoms with Crippen LogP contribution >= 0.6 is 0 Å². The molecule has 1 aliphatic heterocycles. The summed E-state index contributed by atoms with van der Waals surface area (Å²) < 4.78 is 0. The molecule has 1 N–H and O–H groups in total. The average molecular weight is 273 g/mol. The number of hydrogen-bond donors (Lipinski definition) is 1. The van der Waals surface area contributed by atoms with E-state index in [9.17, 15) is 0 Å². The molecule has 0 saturated heterocycles. The second-order valence-electron chi connectivity index (χ2n) is 6.36. The monoisotopic (exact) mass is 273 g/mol. The molecule has 0 unspecified atom stereocenters. The van der Waals surface area contributed by atoms with Crippen molar-refractivity contribution in [2.24, 2.45) is 5.92 Å². The summed E-state index contributed by atoms with van der Waals surface area (Å²) in [6, 6.07) is 0. The molecule has 0 bridgehead atoms. The van der Waals surface area contributed by atoms with Crippen LogP contribution in [0, 0.1) is 5.92 Å². The third-order valence-corrected chi connectivity index (χ3v) is 5.16. The minimum absolute atomic E-state index is 0.607. The Hall–Kier alpha value is -0.960. The summed E-state index contributed by atoms with van der Waals surface area (Å²) in [6.07, 6.45) is 8.77. The van der Waals surface area contributed by atoms with Crippen molar-refractivity contribution in [3.8, 4) is 0 Å². The van der Waals surface area contributed by atoms with E-state index in [1.165, 1.54) is 49.1 Å². The molecule has 1 saturated carbocycles. The predicted molar refractivity (Wildman–Crippen MR) is 81.8 cm³/mol. The van der Waals surface area contributed by atoms with Gasteiger partial charge in [0.15, 0.2) is 0 Å². The Morgan fingerprint density at radius 3 is 2.60 bits per heavy atom. The maximum atomic E-state index is 4.94. The Labute approximate surface area is 122 Å². The van der Waals surface area contributed by atoms with Gasteiger partial charge >= 0.3 is 0 Å². The number of nitrogens with one attached hydrogen (secondary N) is 1. The van der Waals surface area contributed by atoms with Crippen LogP contribution in [0.25, 0.3) is 0 Å². The number of aryl methyl sites for hydroxylation is 1. The summed E-state index contributed by atoms with van der Waals surface area (Å²) in [6.45, 7) is 6.55. The van der Waals surface area contributed by atoms with E-state index in [0.717, 1.165) is 37.7 Å². The fourth-order valence-corrected chi connectivity index (χ4v) is 3.76. The van der Waals surface area contributed by atoms with E-state index in [0.29, 0.717) is 5.92 Å². The molecule has 2 aliphatic rings. The van der Waals surface area contributed by atoms with Crippen molar-refractivity contribution in [2.75, 3.05) is 6.54 Å². The third-order valence-electron chi connectivity index (χ3n) is 5.16. The van der Waals surface area contributed by atoms with Gasteiger partial charge in [0.1, 0.15) is 5.82 Å². The minimum Gasteiger partial charge on any atom is -0.311 e. The first kappa shape index (κ1) is 14.0. The predicted octanol–water partition coefficient (Wildman–Crippen LogP) is 3.37. The Kier molecular flexibility index (Phi) is 4.35. The van der Waals surface area contributed by atoms with Gasteiger partial charge in [-0.1, -0.05) is 20.3 Å². The van der Waals surface area contributed by atoms with Crippen LogP contribution in [0.3, 0.4) is 0 Å². The van der Waals surface area contributed by atoms with Crippen molar-refractivity contribution in [1.29, 1.82) is 0 Å². The van der Waals surface area contributed by atoms with Gasteiger partial charge in [0.05, 0.1) is 5.69 Å². The van der Waals surface area contributed by atoms with Crippen LogP contribution in [0.15, 0.2) is 0 Å². The Balaban J connectivity index is 1.83. The largest absolute Gasteiger partial charge is 0.311 e. The normalized spacial score (nSPS) is 26.3. The lowest BCUT2D eigenvalue weighted by atomic mass is 9.80. The van der Waals surface area contributed by atoms with Gasteiger partial charge in [-0.05, 0) is 56.6 Å².